The first-order valence-electron chi connectivity index (χ1n) is 5.12. The molecule has 0 aromatic rings. The average Bonchev–Trinajstić information content (AvgIpc) is 2.00. The van der Waals surface area contributed by atoms with Crippen molar-refractivity contribution in [2.24, 2.45) is 5.92 Å². The number of hydrogen-bond acceptors (Lipinski definition) is 2. The van der Waals surface area contributed by atoms with E-state index in [1.807, 2.05) is 0 Å². The lowest BCUT2D eigenvalue weighted by Crippen LogP contribution is -1.92. The van der Waals surface area contributed by atoms with E-state index < -0.39 is 6.72 Å². The van der Waals surface area contributed by atoms with Gasteiger partial charge in [-0.05, 0) is 24.1 Å². The quantitative estimate of drug-likeness (QED) is 0.506. The molecule has 0 heterocycles. The highest BCUT2D eigenvalue weighted by Gasteiger charge is 2.06. The van der Waals surface area contributed by atoms with Crippen LogP contribution in [0.4, 0.5) is 0 Å². The molecule has 0 radical (unpaired) electrons. The predicted molar refractivity (Wildman–Crippen MR) is 62.6 cm³/mol. The van der Waals surface area contributed by atoms with Crippen LogP contribution >= 0.6 is 6.72 Å². The van der Waals surface area contributed by atoms with E-state index in [2.05, 4.69) is 25.7 Å². The van der Waals surface area contributed by atoms with Gasteiger partial charge in [0.05, 0.1) is 6.61 Å². The van der Waals surface area contributed by atoms with Crippen molar-refractivity contribution in [3.63, 3.8) is 0 Å². The SMILES string of the molecule is CC(C)CCCCCCOP(O)(O)=S. The Morgan fingerprint density at radius 2 is 1.71 bits per heavy atom. The van der Waals surface area contributed by atoms with E-state index in [-0.39, 0.29) is 0 Å². The fraction of sp³-hybridized carbons (Fsp3) is 1.00. The Bertz CT molecular complexity index is 179. The van der Waals surface area contributed by atoms with Crippen LogP contribution in [0.5, 0.6) is 0 Å². The van der Waals surface area contributed by atoms with E-state index in [0.717, 1.165) is 18.8 Å². The van der Waals surface area contributed by atoms with Crippen LogP contribution in [0.1, 0.15) is 46.0 Å². The van der Waals surface area contributed by atoms with Gasteiger partial charge in [-0.3, -0.25) is 0 Å². The highest BCUT2D eigenvalue weighted by molar-refractivity contribution is 8.06. The molecule has 86 valence electrons. The van der Waals surface area contributed by atoms with Gasteiger partial charge in [0, 0.05) is 0 Å². The second-order valence-corrected chi connectivity index (χ2v) is 6.59. The van der Waals surface area contributed by atoms with Crippen molar-refractivity contribution >= 4 is 18.5 Å². The molecule has 0 rings (SSSR count). The fourth-order valence-electron chi connectivity index (χ4n) is 1.19. The summed E-state index contributed by atoms with van der Waals surface area (Å²) in [5.74, 6) is 0.771. The van der Waals surface area contributed by atoms with Gasteiger partial charge < -0.3 is 14.3 Å². The van der Waals surface area contributed by atoms with Gasteiger partial charge in [0.15, 0.2) is 0 Å². The smallest absolute Gasteiger partial charge is 0.321 e. The lowest BCUT2D eigenvalue weighted by molar-refractivity contribution is 0.245. The minimum Gasteiger partial charge on any atom is -0.325 e. The predicted octanol–water partition coefficient (Wildman–Crippen LogP) is 2.82. The van der Waals surface area contributed by atoms with Crippen molar-refractivity contribution in [1.82, 2.24) is 0 Å². The molecule has 2 N–H and O–H groups in total. The average molecular weight is 240 g/mol. The number of hydrogen-bond donors (Lipinski definition) is 2. The van der Waals surface area contributed by atoms with Crippen LogP contribution in [0.15, 0.2) is 0 Å². The summed E-state index contributed by atoms with van der Waals surface area (Å²) in [6.45, 7) is 1.40. The van der Waals surface area contributed by atoms with Gasteiger partial charge in [-0.2, -0.15) is 0 Å². The van der Waals surface area contributed by atoms with E-state index in [9.17, 15) is 0 Å². The zero-order valence-corrected chi connectivity index (χ0v) is 10.7. The standard InChI is InChI=1S/C9H21O3PS/c1-9(2)7-5-3-4-6-8-12-13(10,11)14/h9H,3-8H2,1-2H3,(H2,10,11,14). The van der Waals surface area contributed by atoms with Gasteiger partial charge in [0.2, 0.25) is 0 Å². The summed E-state index contributed by atoms with van der Waals surface area (Å²) >= 11 is 4.32. The fourth-order valence-corrected chi connectivity index (χ4v) is 1.78. The maximum absolute atomic E-state index is 8.75. The zero-order valence-electron chi connectivity index (χ0n) is 8.98. The highest BCUT2D eigenvalue weighted by atomic mass is 32.5. The molecule has 0 fully saturated rings. The third-order valence-corrected chi connectivity index (χ3v) is 2.77. The molecule has 0 spiro atoms. The van der Waals surface area contributed by atoms with E-state index in [1.165, 1.54) is 19.3 Å². The molecule has 0 bridgehead atoms. The second kappa shape index (κ2) is 7.77. The Balaban J connectivity index is 3.11. The Labute approximate surface area is 91.7 Å². The van der Waals surface area contributed by atoms with Gasteiger partial charge in [0.1, 0.15) is 0 Å². The van der Waals surface area contributed by atoms with Crippen LogP contribution in [0.3, 0.4) is 0 Å². The van der Waals surface area contributed by atoms with Crippen molar-refractivity contribution in [3.8, 4) is 0 Å². The molecular formula is C9H21O3PS. The molecule has 0 aliphatic heterocycles. The van der Waals surface area contributed by atoms with Crippen molar-refractivity contribution < 1.29 is 14.3 Å². The zero-order chi connectivity index (χ0) is 11.0. The largest absolute Gasteiger partial charge is 0.325 e. The van der Waals surface area contributed by atoms with Gasteiger partial charge in [0.25, 0.3) is 0 Å². The maximum Gasteiger partial charge on any atom is 0.321 e. The lowest BCUT2D eigenvalue weighted by Gasteiger charge is -2.08. The van der Waals surface area contributed by atoms with Crippen molar-refractivity contribution in [2.75, 3.05) is 6.61 Å². The maximum atomic E-state index is 8.75. The Kier molecular flexibility index (Phi) is 8.07. The van der Waals surface area contributed by atoms with Gasteiger partial charge >= 0.3 is 6.72 Å². The molecule has 0 unspecified atom stereocenters. The molecule has 5 heteroatoms. The van der Waals surface area contributed by atoms with Crippen LogP contribution in [0.2, 0.25) is 0 Å². The van der Waals surface area contributed by atoms with Crippen molar-refractivity contribution in [1.29, 1.82) is 0 Å². The molecule has 0 saturated carbocycles. The molecule has 0 aromatic heterocycles. The molecule has 0 aromatic carbocycles. The summed E-state index contributed by atoms with van der Waals surface area (Å²) in [5, 5.41) is 0. The third kappa shape index (κ3) is 12.5. The first-order chi connectivity index (χ1) is 6.42. The molecular weight excluding hydrogens is 219 g/mol. The molecule has 0 aliphatic carbocycles. The van der Waals surface area contributed by atoms with Crippen LogP contribution < -0.4 is 0 Å². The van der Waals surface area contributed by atoms with Gasteiger partial charge in [-0.1, -0.05) is 39.5 Å². The molecule has 0 atom stereocenters. The molecule has 3 nitrogen and oxygen atoms in total. The minimum absolute atomic E-state index is 0.367. The molecule has 14 heavy (non-hydrogen) atoms. The van der Waals surface area contributed by atoms with Crippen LogP contribution in [0.25, 0.3) is 0 Å². The van der Waals surface area contributed by atoms with Crippen LogP contribution in [-0.4, -0.2) is 16.4 Å². The monoisotopic (exact) mass is 240 g/mol. The van der Waals surface area contributed by atoms with E-state index >= 15 is 0 Å². The summed E-state index contributed by atoms with van der Waals surface area (Å²) in [5.41, 5.74) is 0. The highest BCUT2D eigenvalue weighted by Crippen LogP contribution is 2.36. The lowest BCUT2D eigenvalue weighted by atomic mass is 10.0. The first kappa shape index (κ1) is 14.5. The van der Waals surface area contributed by atoms with Crippen LogP contribution in [-0.2, 0) is 16.3 Å². The third-order valence-electron chi connectivity index (χ3n) is 1.94. The number of rotatable bonds is 8. The van der Waals surface area contributed by atoms with Gasteiger partial charge in [-0.15, -0.1) is 0 Å². The Morgan fingerprint density at radius 3 is 2.21 bits per heavy atom. The second-order valence-electron chi connectivity index (χ2n) is 3.92. The van der Waals surface area contributed by atoms with Crippen molar-refractivity contribution in [3.05, 3.63) is 0 Å². The Hall–Kier alpha value is 0.530. The topological polar surface area (TPSA) is 49.7 Å². The minimum atomic E-state index is -3.40. The first-order valence-corrected chi connectivity index (χ1v) is 7.74. The Morgan fingerprint density at radius 1 is 1.14 bits per heavy atom. The van der Waals surface area contributed by atoms with E-state index in [0.29, 0.717) is 6.61 Å². The van der Waals surface area contributed by atoms with Crippen LogP contribution in [0, 0.1) is 5.92 Å². The molecule has 0 aliphatic rings. The summed E-state index contributed by atoms with van der Waals surface area (Å²) in [7, 11) is 0. The summed E-state index contributed by atoms with van der Waals surface area (Å²) in [6.07, 6.45) is 5.61. The van der Waals surface area contributed by atoms with Gasteiger partial charge in [-0.25, -0.2) is 0 Å². The summed E-state index contributed by atoms with van der Waals surface area (Å²) in [4.78, 5) is 17.5. The number of unbranched alkanes of at least 4 members (excludes halogenated alkanes) is 3. The van der Waals surface area contributed by atoms with E-state index in [1.54, 1.807) is 0 Å². The summed E-state index contributed by atoms with van der Waals surface area (Å²) < 4.78 is 4.69. The summed E-state index contributed by atoms with van der Waals surface area (Å²) in [6, 6.07) is 0. The van der Waals surface area contributed by atoms with Crippen molar-refractivity contribution in [2.45, 2.75) is 46.0 Å². The van der Waals surface area contributed by atoms with E-state index in [4.69, 9.17) is 14.3 Å². The normalized spacial score (nSPS) is 12.4. The molecule has 0 amide bonds. The molecule has 0 saturated heterocycles.